The lowest BCUT2D eigenvalue weighted by molar-refractivity contribution is 1.03. The van der Waals surface area contributed by atoms with Crippen molar-refractivity contribution in [2.45, 2.75) is 9.79 Å². The summed E-state index contributed by atoms with van der Waals surface area (Å²) in [5, 5.41) is 6.35. The van der Waals surface area contributed by atoms with Gasteiger partial charge in [0.25, 0.3) is 0 Å². The smallest absolute Gasteiger partial charge is 0.131 e. The zero-order chi connectivity index (χ0) is 33.5. The first-order valence-corrected chi connectivity index (χ1v) is 18.3. The van der Waals surface area contributed by atoms with Gasteiger partial charge in [0.1, 0.15) is 5.65 Å². The Hall–Kier alpha value is -6.29. The molecule has 0 atom stereocenters. The van der Waals surface area contributed by atoms with Crippen LogP contribution in [0.2, 0.25) is 0 Å². The minimum Gasteiger partial charge on any atom is -0.295 e. The molecule has 3 heteroatoms. The highest BCUT2D eigenvalue weighted by Gasteiger charge is 2.29. The van der Waals surface area contributed by atoms with E-state index in [1.54, 1.807) is 0 Å². The van der Waals surface area contributed by atoms with Gasteiger partial charge in [0.2, 0.25) is 0 Å². The molecule has 0 unspecified atom stereocenters. The molecule has 0 amide bonds. The van der Waals surface area contributed by atoms with E-state index in [-0.39, 0.29) is 0 Å². The van der Waals surface area contributed by atoms with Gasteiger partial charge in [-0.2, -0.15) is 0 Å². The molecule has 11 rings (SSSR count). The molecular formula is C48H30N2S. The van der Waals surface area contributed by atoms with Gasteiger partial charge in [-0.1, -0.05) is 145 Å². The lowest BCUT2D eigenvalue weighted by atomic mass is 9.96. The molecule has 0 saturated carbocycles. The van der Waals surface area contributed by atoms with Gasteiger partial charge >= 0.3 is 0 Å². The maximum absolute atomic E-state index is 2.54. The van der Waals surface area contributed by atoms with Gasteiger partial charge in [-0.15, -0.1) is 0 Å². The summed E-state index contributed by atoms with van der Waals surface area (Å²) in [5.74, 6) is 0. The van der Waals surface area contributed by atoms with Crippen molar-refractivity contribution in [1.29, 1.82) is 0 Å². The quantitative estimate of drug-likeness (QED) is 0.182. The minimum absolute atomic E-state index is 1.14. The predicted molar refractivity (Wildman–Crippen MR) is 216 cm³/mol. The first-order valence-electron chi connectivity index (χ1n) is 17.4. The maximum atomic E-state index is 2.54. The topological polar surface area (TPSA) is 9.86 Å². The van der Waals surface area contributed by atoms with Crippen LogP contribution < -0.4 is 0 Å². The Morgan fingerprint density at radius 1 is 0.392 bits per heavy atom. The zero-order valence-corrected chi connectivity index (χ0v) is 28.4. The Bertz CT molecular complexity index is 2930. The van der Waals surface area contributed by atoms with Crippen molar-refractivity contribution >= 4 is 55.4 Å². The Morgan fingerprint density at radius 2 is 1.06 bits per heavy atom. The first-order chi connectivity index (χ1) is 25.3. The average Bonchev–Trinajstić information content (AvgIpc) is 3.72. The Balaban J connectivity index is 1.33. The molecule has 8 aromatic carbocycles. The first kappa shape index (κ1) is 28.5. The standard InChI is InChI=1S/C48H30N2S/c1-3-13-31(14-4-1)36-28-37(32-15-5-2-6-16-32)30-38(29-36)49-42-22-11-19-39(35-26-25-33-17-7-8-18-34(33)27-35)45(42)46-40-20-12-24-44-47(40)50(48(46)49)41-21-9-10-23-43(41)51-44/h1-30H. The number of para-hydroxylation sites is 2. The van der Waals surface area contributed by atoms with E-state index in [9.17, 15) is 0 Å². The molecule has 51 heavy (non-hydrogen) atoms. The number of benzene rings is 8. The number of fused-ring (bicyclic) bond motifs is 8. The summed E-state index contributed by atoms with van der Waals surface area (Å²) in [6.45, 7) is 0. The summed E-state index contributed by atoms with van der Waals surface area (Å²) < 4.78 is 5.07. The van der Waals surface area contributed by atoms with E-state index in [2.05, 4.69) is 191 Å². The van der Waals surface area contributed by atoms with Crippen molar-refractivity contribution < 1.29 is 0 Å². The summed E-state index contributed by atoms with van der Waals surface area (Å²) in [6.07, 6.45) is 0. The van der Waals surface area contributed by atoms with Gasteiger partial charge in [-0.25, -0.2) is 0 Å². The fourth-order valence-electron chi connectivity index (χ4n) is 8.21. The molecule has 0 aliphatic carbocycles. The van der Waals surface area contributed by atoms with Crippen molar-refractivity contribution in [2.24, 2.45) is 0 Å². The van der Waals surface area contributed by atoms with E-state index < -0.39 is 0 Å². The van der Waals surface area contributed by atoms with Gasteiger partial charge in [-0.3, -0.25) is 9.13 Å². The molecule has 0 N–H and O–H groups in total. The average molecular weight is 667 g/mol. The van der Waals surface area contributed by atoms with Crippen molar-refractivity contribution in [3.8, 4) is 44.8 Å². The van der Waals surface area contributed by atoms with Gasteiger partial charge in [0, 0.05) is 31.6 Å². The van der Waals surface area contributed by atoms with Crippen LogP contribution in [0.4, 0.5) is 0 Å². The summed E-state index contributed by atoms with van der Waals surface area (Å²) in [4.78, 5) is 2.55. The van der Waals surface area contributed by atoms with Crippen LogP contribution in [0.1, 0.15) is 0 Å². The highest BCUT2D eigenvalue weighted by Crippen LogP contribution is 2.51. The van der Waals surface area contributed by atoms with E-state index in [0.717, 1.165) is 5.69 Å². The molecule has 2 aromatic heterocycles. The Morgan fingerprint density at radius 3 is 1.84 bits per heavy atom. The van der Waals surface area contributed by atoms with Crippen LogP contribution >= 0.6 is 11.8 Å². The molecule has 0 spiro atoms. The fourth-order valence-corrected chi connectivity index (χ4v) is 9.30. The number of nitrogens with zero attached hydrogens (tertiary/aromatic N) is 2. The minimum atomic E-state index is 1.14. The van der Waals surface area contributed by atoms with Crippen LogP contribution in [0, 0.1) is 0 Å². The van der Waals surface area contributed by atoms with Crippen LogP contribution in [0.25, 0.3) is 88.4 Å². The third kappa shape index (κ3) is 4.32. The summed E-state index contributed by atoms with van der Waals surface area (Å²) >= 11 is 1.87. The molecule has 238 valence electrons. The molecular weight excluding hydrogens is 637 g/mol. The summed E-state index contributed by atoms with van der Waals surface area (Å²) in [7, 11) is 0. The number of aromatic nitrogens is 2. The Labute approximate surface area is 299 Å². The normalized spacial score (nSPS) is 12.2. The lowest BCUT2D eigenvalue weighted by Crippen LogP contribution is -2.06. The second kappa shape index (κ2) is 11.1. The van der Waals surface area contributed by atoms with E-state index in [1.807, 2.05) is 11.8 Å². The molecule has 1 aliphatic heterocycles. The van der Waals surface area contributed by atoms with Crippen LogP contribution in [0.15, 0.2) is 192 Å². The second-order valence-corrected chi connectivity index (χ2v) is 14.4. The molecule has 3 heterocycles. The number of rotatable bonds is 4. The number of hydrogen-bond acceptors (Lipinski definition) is 1. The fraction of sp³-hybridized carbons (Fsp3) is 0. The van der Waals surface area contributed by atoms with Crippen LogP contribution in [-0.4, -0.2) is 9.13 Å². The van der Waals surface area contributed by atoms with Gasteiger partial charge < -0.3 is 0 Å². The van der Waals surface area contributed by atoms with Crippen LogP contribution in [0.5, 0.6) is 0 Å². The SMILES string of the molecule is c1ccc(-c2cc(-c3ccccc3)cc(-n3c4cccc(-c5ccc6ccccc6c5)c4c4c5cccc6c5n(c43)-c3ccccc3S6)c2)cc1. The largest absolute Gasteiger partial charge is 0.295 e. The van der Waals surface area contributed by atoms with E-state index in [0.29, 0.717) is 0 Å². The predicted octanol–water partition coefficient (Wildman–Crippen LogP) is 13.3. The molecule has 0 fully saturated rings. The third-order valence-electron chi connectivity index (χ3n) is 10.4. The van der Waals surface area contributed by atoms with Gasteiger partial charge in [0.05, 0.1) is 16.7 Å². The van der Waals surface area contributed by atoms with Crippen LogP contribution in [0.3, 0.4) is 0 Å². The van der Waals surface area contributed by atoms with E-state index in [1.165, 1.54) is 92.5 Å². The molecule has 0 saturated heterocycles. The van der Waals surface area contributed by atoms with E-state index >= 15 is 0 Å². The Kier molecular flexibility index (Phi) is 6.22. The number of hydrogen-bond donors (Lipinski definition) is 0. The van der Waals surface area contributed by atoms with Gasteiger partial charge in [-0.05, 0) is 92.7 Å². The lowest BCUT2D eigenvalue weighted by Gasteiger charge is -2.21. The van der Waals surface area contributed by atoms with Gasteiger partial charge in [0.15, 0.2) is 0 Å². The van der Waals surface area contributed by atoms with Crippen molar-refractivity contribution in [2.75, 3.05) is 0 Å². The molecule has 0 bridgehead atoms. The maximum Gasteiger partial charge on any atom is 0.131 e. The van der Waals surface area contributed by atoms with E-state index in [4.69, 9.17) is 0 Å². The highest BCUT2D eigenvalue weighted by atomic mass is 32.2. The van der Waals surface area contributed by atoms with Crippen molar-refractivity contribution in [3.05, 3.63) is 182 Å². The zero-order valence-electron chi connectivity index (χ0n) is 27.6. The van der Waals surface area contributed by atoms with Crippen molar-refractivity contribution in [3.63, 3.8) is 0 Å². The summed E-state index contributed by atoms with van der Waals surface area (Å²) in [6, 6.07) is 66.7. The monoisotopic (exact) mass is 666 g/mol. The second-order valence-electron chi connectivity index (χ2n) is 13.4. The van der Waals surface area contributed by atoms with Crippen molar-refractivity contribution in [1.82, 2.24) is 9.13 Å². The molecule has 2 nitrogen and oxygen atoms in total. The molecule has 1 aliphatic rings. The summed E-state index contributed by atoms with van der Waals surface area (Å²) in [5.41, 5.74) is 13.3. The third-order valence-corrected chi connectivity index (χ3v) is 11.6. The molecule has 10 aromatic rings. The van der Waals surface area contributed by atoms with Crippen LogP contribution in [-0.2, 0) is 0 Å². The molecule has 0 radical (unpaired) electrons. The highest BCUT2D eigenvalue weighted by molar-refractivity contribution is 7.99.